The molecule has 0 bridgehead atoms. The fraction of sp³-hybridized carbons (Fsp3) is 0. The van der Waals surface area contributed by atoms with E-state index in [1.807, 2.05) is 0 Å². The number of hydrogen-bond donors (Lipinski definition) is 2. The first-order chi connectivity index (χ1) is 8.59. The molecule has 1 heterocycles. The lowest BCUT2D eigenvalue weighted by atomic mass is 10.0. The minimum atomic E-state index is -1.36. The largest absolute Gasteiger partial charge is 0.477 e. The second kappa shape index (κ2) is 4.67. The molecule has 0 aliphatic rings. The third kappa shape index (κ3) is 2.20. The van der Waals surface area contributed by atoms with Crippen molar-refractivity contribution in [2.75, 3.05) is 0 Å². The third-order valence-electron chi connectivity index (χ3n) is 2.43. The van der Waals surface area contributed by atoms with Crippen molar-refractivity contribution in [3.63, 3.8) is 0 Å². The molecule has 18 heavy (non-hydrogen) atoms. The van der Waals surface area contributed by atoms with Gasteiger partial charge in [-0.25, -0.2) is 4.79 Å². The van der Waals surface area contributed by atoms with Gasteiger partial charge in [-0.1, -0.05) is 30.3 Å². The smallest absolute Gasteiger partial charge is 0.341 e. The van der Waals surface area contributed by atoms with Gasteiger partial charge in [0.1, 0.15) is 5.56 Å². The maximum Gasteiger partial charge on any atom is 0.341 e. The van der Waals surface area contributed by atoms with E-state index >= 15 is 0 Å². The van der Waals surface area contributed by atoms with Crippen LogP contribution in [-0.2, 0) is 0 Å². The van der Waals surface area contributed by atoms with Crippen molar-refractivity contribution < 1.29 is 14.7 Å². The first-order valence-corrected chi connectivity index (χ1v) is 5.15. The Balaban J connectivity index is 2.47. The van der Waals surface area contributed by atoms with Crippen molar-refractivity contribution in [1.29, 1.82) is 0 Å². The lowest BCUT2D eigenvalue weighted by molar-refractivity contribution is 0.0695. The second-order valence-electron chi connectivity index (χ2n) is 3.63. The van der Waals surface area contributed by atoms with E-state index in [9.17, 15) is 14.4 Å². The van der Waals surface area contributed by atoms with Crippen LogP contribution >= 0.6 is 0 Å². The van der Waals surface area contributed by atoms with Gasteiger partial charge in [-0.2, -0.15) is 0 Å². The van der Waals surface area contributed by atoms with E-state index in [4.69, 9.17) is 5.11 Å². The van der Waals surface area contributed by atoms with Crippen LogP contribution in [0.3, 0.4) is 0 Å². The van der Waals surface area contributed by atoms with Crippen molar-refractivity contribution in [3.05, 3.63) is 69.6 Å². The van der Waals surface area contributed by atoms with E-state index in [2.05, 4.69) is 4.98 Å². The van der Waals surface area contributed by atoms with E-state index < -0.39 is 17.1 Å². The molecule has 0 amide bonds. The number of H-pyrrole nitrogens is 1. The molecule has 5 nitrogen and oxygen atoms in total. The molecule has 0 saturated heterocycles. The molecule has 0 radical (unpaired) electrons. The number of hydrogen-bond acceptors (Lipinski definition) is 3. The Morgan fingerprint density at radius 1 is 1.06 bits per heavy atom. The van der Waals surface area contributed by atoms with Crippen LogP contribution in [0.2, 0.25) is 0 Å². The summed E-state index contributed by atoms with van der Waals surface area (Å²) in [5.41, 5.74) is -0.608. The highest BCUT2D eigenvalue weighted by atomic mass is 16.4. The zero-order valence-electron chi connectivity index (χ0n) is 9.21. The van der Waals surface area contributed by atoms with Crippen LogP contribution in [0.25, 0.3) is 0 Å². The molecule has 1 aromatic heterocycles. The summed E-state index contributed by atoms with van der Waals surface area (Å²) in [5, 5.41) is 8.81. The standard InChI is InChI=1S/C13H9NO4/c15-11(8-4-2-1-3-5-8)9-6-10(13(17)18)12(16)14-7-9/h1-7H,(H,14,16)(H,17,18). The normalized spacial score (nSPS) is 10.0. The predicted molar refractivity (Wildman–Crippen MR) is 63.9 cm³/mol. The molecule has 1 aromatic carbocycles. The number of carboxylic acid groups (broad SMARTS) is 1. The van der Waals surface area contributed by atoms with Crippen LogP contribution in [0.5, 0.6) is 0 Å². The third-order valence-corrected chi connectivity index (χ3v) is 2.43. The summed E-state index contributed by atoms with van der Waals surface area (Å²) in [6.07, 6.45) is 1.21. The first kappa shape index (κ1) is 11.8. The molecule has 5 heteroatoms. The monoisotopic (exact) mass is 243 g/mol. The molecule has 0 fully saturated rings. The van der Waals surface area contributed by atoms with Crippen molar-refractivity contribution in [3.8, 4) is 0 Å². The summed E-state index contributed by atoms with van der Waals surface area (Å²) in [6, 6.07) is 9.50. The molecule has 0 aliphatic carbocycles. The van der Waals surface area contributed by atoms with E-state index in [-0.39, 0.29) is 11.3 Å². The van der Waals surface area contributed by atoms with E-state index in [1.165, 1.54) is 6.20 Å². The Morgan fingerprint density at radius 3 is 2.33 bits per heavy atom. The van der Waals surface area contributed by atoms with E-state index in [0.29, 0.717) is 5.56 Å². The Hall–Kier alpha value is -2.69. The van der Waals surface area contributed by atoms with Gasteiger partial charge in [-0.15, -0.1) is 0 Å². The van der Waals surface area contributed by atoms with Gasteiger partial charge < -0.3 is 10.1 Å². The molecule has 0 aliphatic heterocycles. The summed E-state index contributed by atoms with van der Waals surface area (Å²) in [4.78, 5) is 36.3. The van der Waals surface area contributed by atoms with E-state index in [0.717, 1.165) is 6.07 Å². The number of nitrogens with one attached hydrogen (secondary N) is 1. The number of carbonyl (C=O) groups excluding carboxylic acids is 1. The lowest BCUT2D eigenvalue weighted by Crippen LogP contribution is -2.18. The number of pyridine rings is 1. The number of aromatic carboxylic acids is 1. The predicted octanol–water partition coefficient (Wildman–Crippen LogP) is 1.30. The van der Waals surface area contributed by atoms with Gasteiger partial charge in [0.25, 0.3) is 5.56 Å². The van der Waals surface area contributed by atoms with Crippen molar-refractivity contribution in [2.24, 2.45) is 0 Å². The fourth-order valence-electron chi connectivity index (χ4n) is 1.53. The van der Waals surface area contributed by atoms with Crippen LogP contribution in [-0.4, -0.2) is 21.8 Å². The summed E-state index contributed by atoms with van der Waals surface area (Å²) < 4.78 is 0. The average Bonchev–Trinajstić information content (AvgIpc) is 2.39. The van der Waals surface area contributed by atoms with Crippen LogP contribution in [0.15, 0.2) is 47.4 Å². The highest BCUT2D eigenvalue weighted by molar-refractivity contribution is 6.09. The summed E-state index contributed by atoms with van der Waals surface area (Å²) >= 11 is 0. The number of benzene rings is 1. The number of aromatic amines is 1. The van der Waals surface area contributed by atoms with Crippen molar-refractivity contribution in [2.45, 2.75) is 0 Å². The summed E-state index contributed by atoms with van der Waals surface area (Å²) in [7, 11) is 0. The van der Waals surface area contributed by atoms with Crippen LogP contribution in [0.1, 0.15) is 26.3 Å². The number of rotatable bonds is 3. The molecular formula is C13H9NO4. The van der Waals surface area contributed by atoms with Gasteiger partial charge in [-0.3, -0.25) is 9.59 Å². The zero-order valence-corrected chi connectivity index (χ0v) is 9.21. The number of ketones is 1. The average molecular weight is 243 g/mol. The molecule has 0 saturated carbocycles. The molecule has 0 unspecified atom stereocenters. The Morgan fingerprint density at radius 2 is 1.72 bits per heavy atom. The number of carboxylic acids is 1. The molecule has 90 valence electrons. The maximum atomic E-state index is 12.0. The molecular weight excluding hydrogens is 234 g/mol. The Kier molecular flexibility index (Phi) is 3.05. The Labute approximate surface area is 102 Å². The highest BCUT2D eigenvalue weighted by Crippen LogP contribution is 2.08. The van der Waals surface area contributed by atoms with Gasteiger partial charge in [0.05, 0.1) is 0 Å². The molecule has 2 rings (SSSR count). The number of carbonyl (C=O) groups is 2. The molecule has 2 aromatic rings. The van der Waals surface area contributed by atoms with Gasteiger partial charge in [0.15, 0.2) is 5.78 Å². The molecule has 0 atom stereocenters. The van der Waals surface area contributed by atoms with Gasteiger partial charge in [-0.05, 0) is 6.07 Å². The lowest BCUT2D eigenvalue weighted by Gasteiger charge is -2.01. The highest BCUT2D eigenvalue weighted by Gasteiger charge is 2.14. The first-order valence-electron chi connectivity index (χ1n) is 5.15. The van der Waals surface area contributed by atoms with Crippen LogP contribution in [0.4, 0.5) is 0 Å². The minimum Gasteiger partial charge on any atom is -0.477 e. The maximum absolute atomic E-state index is 12.0. The quantitative estimate of drug-likeness (QED) is 0.795. The van der Waals surface area contributed by atoms with Gasteiger partial charge in [0, 0.05) is 17.3 Å². The van der Waals surface area contributed by atoms with Crippen LogP contribution < -0.4 is 5.56 Å². The van der Waals surface area contributed by atoms with Gasteiger partial charge >= 0.3 is 5.97 Å². The zero-order chi connectivity index (χ0) is 13.1. The summed E-state index contributed by atoms with van der Waals surface area (Å²) in [5.74, 6) is -1.70. The summed E-state index contributed by atoms with van der Waals surface area (Å²) in [6.45, 7) is 0. The van der Waals surface area contributed by atoms with Crippen LogP contribution in [0, 0.1) is 0 Å². The minimum absolute atomic E-state index is 0.137. The van der Waals surface area contributed by atoms with Crippen molar-refractivity contribution >= 4 is 11.8 Å². The topological polar surface area (TPSA) is 87.2 Å². The van der Waals surface area contributed by atoms with Gasteiger partial charge in [0.2, 0.25) is 0 Å². The molecule has 0 spiro atoms. The second-order valence-corrected chi connectivity index (χ2v) is 3.63. The number of aromatic nitrogens is 1. The fourth-order valence-corrected chi connectivity index (χ4v) is 1.53. The molecule has 2 N–H and O–H groups in total. The SMILES string of the molecule is O=C(c1ccccc1)c1c[nH]c(=O)c(C(=O)O)c1. The van der Waals surface area contributed by atoms with E-state index in [1.54, 1.807) is 30.3 Å². The van der Waals surface area contributed by atoms with Crippen molar-refractivity contribution in [1.82, 2.24) is 4.98 Å². The Bertz CT molecular complexity index is 658.